The van der Waals surface area contributed by atoms with Gasteiger partial charge in [0, 0.05) is 37.9 Å². The Morgan fingerprint density at radius 3 is 2.41 bits per heavy atom. The van der Waals surface area contributed by atoms with Gasteiger partial charge in [-0.05, 0) is 45.6 Å². The molecule has 0 spiro atoms. The molecule has 0 N–H and O–H groups in total. The first kappa shape index (κ1) is 16.6. The van der Waals surface area contributed by atoms with Crippen LogP contribution in [0.3, 0.4) is 0 Å². The molecule has 22 heavy (non-hydrogen) atoms. The van der Waals surface area contributed by atoms with Crippen LogP contribution in [0.2, 0.25) is 0 Å². The standard InChI is InChI=1S/C17H26N2O3/c1-5-22-17(21)16-12(2)14(18(4)13(16)3)8-9-15(20)19-10-6-7-11-19/h5-11H2,1-4H3. The van der Waals surface area contributed by atoms with Crippen LogP contribution in [0.25, 0.3) is 0 Å². The Morgan fingerprint density at radius 1 is 1.18 bits per heavy atom. The molecule has 5 heteroatoms. The minimum Gasteiger partial charge on any atom is -0.462 e. The van der Waals surface area contributed by atoms with Crippen LogP contribution < -0.4 is 0 Å². The number of likely N-dealkylation sites (tertiary alicyclic amines) is 1. The van der Waals surface area contributed by atoms with Crippen LogP contribution in [-0.4, -0.2) is 41.0 Å². The number of ether oxygens (including phenoxy) is 1. The summed E-state index contributed by atoms with van der Waals surface area (Å²) < 4.78 is 7.15. The van der Waals surface area contributed by atoms with E-state index >= 15 is 0 Å². The minimum atomic E-state index is -0.273. The molecule has 2 heterocycles. The first-order valence-electron chi connectivity index (χ1n) is 8.07. The van der Waals surface area contributed by atoms with E-state index in [0.717, 1.165) is 42.9 Å². The summed E-state index contributed by atoms with van der Waals surface area (Å²) in [4.78, 5) is 26.2. The van der Waals surface area contributed by atoms with Crippen molar-refractivity contribution in [2.75, 3.05) is 19.7 Å². The van der Waals surface area contributed by atoms with Crippen molar-refractivity contribution < 1.29 is 14.3 Å². The Balaban J connectivity index is 2.12. The fourth-order valence-electron chi connectivity index (χ4n) is 3.25. The van der Waals surface area contributed by atoms with Crippen molar-refractivity contribution in [3.05, 3.63) is 22.5 Å². The van der Waals surface area contributed by atoms with Gasteiger partial charge in [0.15, 0.2) is 0 Å². The van der Waals surface area contributed by atoms with E-state index in [1.807, 2.05) is 30.4 Å². The number of rotatable bonds is 5. The molecule has 1 aliphatic rings. The average molecular weight is 306 g/mol. The number of nitrogens with zero attached hydrogens (tertiary/aromatic N) is 2. The summed E-state index contributed by atoms with van der Waals surface area (Å²) in [6.45, 7) is 7.81. The van der Waals surface area contributed by atoms with E-state index < -0.39 is 0 Å². The highest BCUT2D eigenvalue weighted by molar-refractivity contribution is 5.93. The Hall–Kier alpha value is -1.78. The zero-order valence-electron chi connectivity index (χ0n) is 14.1. The van der Waals surface area contributed by atoms with Gasteiger partial charge in [0.1, 0.15) is 0 Å². The zero-order valence-corrected chi connectivity index (χ0v) is 14.1. The lowest BCUT2D eigenvalue weighted by molar-refractivity contribution is -0.130. The minimum absolute atomic E-state index is 0.216. The van der Waals surface area contributed by atoms with Crippen molar-refractivity contribution in [2.24, 2.45) is 7.05 Å². The number of hydrogen-bond donors (Lipinski definition) is 0. The Bertz CT molecular complexity index is 569. The fourth-order valence-corrected chi connectivity index (χ4v) is 3.25. The molecule has 0 atom stereocenters. The second kappa shape index (κ2) is 6.99. The quantitative estimate of drug-likeness (QED) is 0.785. The summed E-state index contributed by atoms with van der Waals surface area (Å²) in [5.74, 6) is -0.0568. The van der Waals surface area contributed by atoms with Crippen LogP contribution >= 0.6 is 0 Å². The highest BCUT2D eigenvalue weighted by atomic mass is 16.5. The van der Waals surface area contributed by atoms with Gasteiger partial charge < -0.3 is 14.2 Å². The van der Waals surface area contributed by atoms with E-state index in [9.17, 15) is 9.59 Å². The van der Waals surface area contributed by atoms with E-state index in [1.54, 1.807) is 6.92 Å². The Morgan fingerprint density at radius 2 is 1.82 bits per heavy atom. The lowest BCUT2D eigenvalue weighted by atomic mass is 10.1. The third-order valence-electron chi connectivity index (χ3n) is 4.59. The van der Waals surface area contributed by atoms with Gasteiger partial charge in [-0.3, -0.25) is 4.79 Å². The zero-order chi connectivity index (χ0) is 16.3. The lowest BCUT2D eigenvalue weighted by Gasteiger charge is -2.15. The molecular weight excluding hydrogens is 280 g/mol. The second-order valence-electron chi connectivity index (χ2n) is 5.90. The van der Waals surface area contributed by atoms with Crippen molar-refractivity contribution in [1.82, 2.24) is 9.47 Å². The number of amides is 1. The highest BCUT2D eigenvalue weighted by Gasteiger charge is 2.23. The first-order chi connectivity index (χ1) is 10.5. The number of hydrogen-bond acceptors (Lipinski definition) is 3. The van der Waals surface area contributed by atoms with Crippen LogP contribution in [0.4, 0.5) is 0 Å². The average Bonchev–Trinajstić information content (AvgIpc) is 3.07. The molecular formula is C17H26N2O3. The first-order valence-corrected chi connectivity index (χ1v) is 8.07. The molecule has 0 unspecified atom stereocenters. The summed E-state index contributed by atoms with van der Waals surface area (Å²) in [5, 5.41) is 0. The van der Waals surface area contributed by atoms with Gasteiger partial charge in [-0.15, -0.1) is 0 Å². The van der Waals surface area contributed by atoms with Gasteiger partial charge in [-0.2, -0.15) is 0 Å². The number of carbonyl (C=O) groups excluding carboxylic acids is 2. The van der Waals surface area contributed by atoms with Crippen molar-refractivity contribution in [2.45, 2.75) is 46.5 Å². The smallest absolute Gasteiger partial charge is 0.340 e. The summed E-state index contributed by atoms with van der Waals surface area (Å²) >= 11 is 0. The van der Waals surface area contributed by atoms with Gasteiger partial charge in [0.2, 0.25) is 5.91 Å². The Kier molecular flexibility index (Phi) is 5.27. The summed E-state index contributed by atoms with van der Waals surface area (Å²) in [6.07, 6.45) is 3.39. The molecule has 1 aliphatic heterocycles. The molecule has 5 nitrogen and oxygen atoms in total. The summed E-state index contributed by atoms with van der Waals surface area (Å²) in [6, 6.07) is 0. The lowest BCUT2D eigenvalue weighted by Crippen LogP contribution is -2.27. The third kappa shape index (κ3) is 3.18. The van der Waals surface area contributed by atoms with Gasteiger partial charge in [0.25, 0.3) is 0 Å². The maximum Gasteiger partial charge on any atom is 0.340 e. The van der Waals surface area contributed by atoms with Crippen LogP contribution in [0.15, 0.2) is 0 Å². The van der Waals surface area contributed by atoms with E-state index in [0.29, 0.717) is 25.0 Å². The van der Waals surface area contributed by atoms with Crippen LogP contribution in [0.1, 0.15) is 53.5 Å². The van der Waals surface area contributed by atoms with E-state index in [1.165, 1.54) is 0 Å². The molecule has 0 aliphatic carbocycles. The molecule has 2 rings (SSSR count). The fraction of sp³-hybridized carbons (Fsp3) is 0.647. The van der Waals surface area contributed by atoms with E-state index in [4.69, 9.17) is 4.74 Å². The molecule has 1 saturated heterocycles. The molecule has 0 bridgehead atoms. The molecule has 122 valence electrons. The highest BCUT2D eigenvalue weighted by Crippen LogP contribution is 2.23. The molecule has 1 fully saturated rings. The van der Waals surface area contributed by atoms with Gasteiger partial charge >= 0.3 is 5.97 Å². The summed E-state index contributed by atoms with van der Waals surface area (Å²) in [7, 11) is 1.95. The molecule has 1 aromatic heterocycles. The van der Waals surface area contributed by atoms with Crippen molar-refractivity contribution in [1.29, 1.82) is 0 Å². The van der Waals surface area contributed by atoms with E-state index in [-0.39, 0.29) is 11.9 Å². The van der Waals surface area contributed by atoms with Crippen molar-refractivity contribution >= 4 is 11.9 Å². The van der Waals surface area contributed by atoms with Crippen molar-refractivity contribution in [3.63, 3.8) is 0 Å². The SMILES string of the molecule is CCOC(=O)c1c(C)c(CCC(=O)N2CCCC2)n(C)c1C. The topological polar surface area (TPSA) is 51.5 Å². The van der Waals surface area contributed by atoms with Crippen molar-refractivity contribution in [3.8, 4) is 0 Å². The summed E-state index contributed by atoms with van der Waals surface area (Å²) in [5.41, 5.74) is 3.54. The molecule has 0 aromatic carbocycles. The number of esters is 1. The normalized spacial score (nSPS) is 14.5. The molecule has 0 radical (unpaired) electrons. The molecule has 0 saturated carbocycles. The maximum absolute atomic E-state index is 12.2. The number of carbonyl (C=O) groups is 2. The molecule has 1 amide bonds. The van der Waals surface area contributed by atoms with Gasteiger partial charge in [-0.1, -0.05) is 0 Å². The molecule has 1 aromatic rings. The van der Waals surface area contributed by atoms with Gasteiger partial charge in [0.05, 0.1) is 12.2 Å². The second-order valence-corrected chi connectivity index (χ2v) is 5.90. The predicted octanol–water partition coefficient (Wildman–Crippen LogP) is 2.37. The van der Waals surface area contributed by atoms with Gasteiger partial charge in [-0.25, -0.2) is 4.79 Å². The predicted molar refractivity (Wildman–Crippen MR) is 85.0 cm³/mol. The monoisotopic (exact) mass is 306 g/mol. The van der Waals surface area contributed by atoms with Crippen LogP contribution in [-0.2, 0) is 23.0 Å². The van der Waals surface area contributed by atoms with Crippen LogP contribution in [0, 0.1) is 13.8 Å². The number of aromatic nitrogens is 1. The van der Waals surface area contributed by atoms with Crippen LogP contribution in [0.5, 0.6) is 0 Å². The maximum atomic E-state index is 12.2. The Labute approximate surface area is 132 Å². The largest absolute Gasteiger partial charge is 0.462 e. The van der Waals surface area contributed by atoms with E-state index in [2.05, 4.69) is 0 Å². The third-order valence-corrected chi connectivity index (χ3v) is 4.59.